The van der Waals surface area contributed by atoms with Crippen molar-refractivity contribution in [2.75, 3.05) is 26.4 Å². The number of carbonyl (C=O) groups is 4. The lowest BCUT2D eigenvalue weighted by atomic mass is 10.1. The first-order valence-electron chi connectivity index (χ1n) is 25.3. The number of esters is 4. The van der Waals surface area contributed by atoms with Crippen molar-refractivity contribution in [1.29, 1.82) is 0 Å². The van der Waals surface area contributed by atoms with E-state index in [-0.39, 0.29) is 13.2 Å². The van der Waals surface area contributed by atoms with Gasteiger partial charge in [0, 0.05) is 0 Å². The smallest absolute Gasteiger partial charge is 0.343 e. The van der Waals surface area contributed by atoms with Crippen molar-refractivity contribution in [3.8, 4) is 23.0 Å². The molecule has 0 aliphatic rings. The molecule has 0 aromatic heterocycles. The van der Waals surface area contributed by atoms with E-state index < -0.39 is 23.9 Å². The number of hydrogen-bond acceptors (Lipinski definition) is 10. The quantitative estimate of drug-likeness (QED) is 0.0247. The van der Waals surface area contributed by atoms with Gasteiger partial charge in [-0.05, 0) is 129 Å². The molecule has 0 heterocycles. The van der Waals surface area contributed by atoms with Crippen molar-refractivity contribution < 1.29 is 47.6 Å². The number of carbonyl (C=O) groups excluding carboxylic acids is 4. The summed E-state index contributed by atoms with van der Waals surface area (Å²) in [6.45, 7) is 6.22. The van der Waals surface area contributed by atoms with E-state index in [4.69, 9.17) is 28.4 Å². The van der Waals surface area contributed by atoms with E-state index in [1.807, 2.05) is 0 Å². The molecule has 0 saturated heterocycles. The number of unbranched alkanes of at least 4 members (excludes halogenated alkanes) is 20. The lowest BCUT2D eigenvalue weighted by Gasteiger charge is -2.09. The Labute approximate surface area is 400 Å². The van der Waals surface area contributed by atoms with Crippen molar-refractivity contribution in [2.45, 2.75) is 162 Å². The fourth-order valence-corrected chi connectivity index (χ4v) is 7.46. The molecule has 10 heteroatoms. The molecule has 364 valence electrons. The second-order valence-corrected chi connectivity index (χ2v) is 17.3. The first kappa shape index (κ1) is 54.0. The average molecular weight is 921 g/mol. The molecule has 4 aromatic rings. The zero-order valence-electron chi connectivity index (χ0n) is 40.4. The number of hydrogen-bond donors (Lipinski definition) is 0. The molecule has 0 aliphatic carbocycles. The van der Waals surface area contributed by atoms with E-state index in [0.717, 1.165) is 37.2 Å². The molecule has 0 aliphatic heterocycles. The third-order valence-electron chi connectivity index (χ3n) is 11.6. The maximum Gasteiger partial charge on any atom is 0.343 e. The maximum absolute atomic E-state index is 12.7. The van der Waals surface area contributed by atoms with Gasteiger partial charge in [0.1, 0.15) is 23.0 Å². The van der Waals surface area contributed by atoms with Gasteiger partial charge in [0.2, 0.25) is 0 Å². The average Bonchev–Trinajstić information content (AvgIpc) is 3.35. The summed E-state index contributed by atoms with van der Waals surface area (Å²) in [5.74, 6) is 0.0974. The van der Waals surface area contributed by atoms with Gasteiger partial charge >= 0.3 is 23.9 Å². The minimum atomic E-state index is -0.503. The second-order valence-electron chi connectivity index (χ2n) is 17.3. The summed E-state index contributed by atoms with van der Waals surface area (Å²) < 4.78 is 33.5. The van der Waals surface area contributed by atoms with E-state index in [1.54, 1.807) is 97.1 Å². The molecule has 0 spiro atoms. The van der Waals surface area contributed by atoms with Gasteiger partial charge in [-0.1, -0.05) is 129 Å². The number of benzene rings is 4. The van der Waals surface area contributed by atoms with Gasteiger partial charge in [-0.2, -0.15) is 0 Å². The Morgan fingerprint density at radius 1 is 0.284 bits per heavy atom. The van der Waals surface area contributed by atoms with Gasteiger partial charge in [0.15, 0.2) is 0 Å². The standard InChI is InChI=1S/C57H76O10/c1-3-5-7-9-11-13-15-17-19-22-42-62-50-34-26-48(27-35-50)56(60)66-52-38-30-46(31-39-52)54(58)64-44-24-21-25-45-65-55(59)47-32-40-53(41-33-47)67-57(61)49-28-36-51(37-29-49)63-43-23-20-18-16-14-12-10-8-6-4-2/h26-41H,3-25,42-45H2,1-2H3. The van der Waals surface area contributed by atoms with Crippen molar-refractivity contribution in [3.63, 3.8) is 0 Å². The highest BCUT2D eigenvalue weighted by Gasteiger charge is 2.14. The van der Waals surface area contributed by atoms with Crippen molar-refractivity contribution in [2.24, 2.45) is 0 Å². The van der Waals surface area contributed by atoms with Gasteiger partial charge in [-0.3, -0.25) is 0 Å². The maximum atomic E-state index is 12.7. The number of ether oxygens (including phenoxy) is 6. The van der Waals surface area contributed by atoms with Gasteiger partial charge in [-0.15, -0.1) is 0 Å². The Morgan fingerprint density at radius 2 is 0.522 bits per heavy atom. The summed E-state index contributed by atoms with van der Waals surface area (Å²) in [6, 6.07) is 26.3. The molecule has 0 saturated carbocycles. The lowest BCUT2D eigenvalue weighted by Crippen LogP contribution is -2.10. The molecule has 0 fully saturated rings. The molecule has 0 unspecified atom stereocenters. The highest BCUT2D eigenvalue weighted by Crippen LogP contribution is 2.21. The Balaban J connectivity index is 1.00. The summed E-state index contributed by atoms with van der Waals surface area (Å²) in [6.07, 6.45) is 27.3. The molecular weight excluding hydrogens is 845 g/mol. The van der Waals surface area contributed by atoms with Crippen LogP contribution in [0, 0.1) is 0 Å². The summed E-state index contributed by atoms with van der Waals surface area (Å²) in [5, 5.41) is 0. The highest BCUT2D eigenvalue weighted by atomic mass is 16.5. The second kappa shape index (κ2) is 33.8. The van der Waals surface area contributed by atoms with Crippen molar-refractivity contribution >= 4 is 23.9 Å². The van der Waals surface area contributed by atoms with Gasteiger partial charge in [0.05, 0.1) is 48.7 Å². The zero-order valence-corrected chi connectivity index (χ0v) is 40.4. The van der Waals surface area contributed by atoms with Gasteiger partial charge in [0.25, 0.3) is 0 Å². The molecule has 67 heavy (non-hydrogen) atoms. The van der Waals surface area contributed by atoms with Crippen LogP contribution in [-0.2, 0) is 9.47 Å². The van der Waals surface area contributed by atoms with E-state index in [1.165, 1.54) is 103 Å². The van der Waals surface area contributed by atoms with Crippen LogP contribution in [0.1, 0.15) is 203 Å². The molecule has 10 nitrogen and oxygen atoms in total. The first-order chi connectivity index (χ1) is 32.9. The molecular formula is C57H76O10. The van der Waals surface area contributed by atoms with Crippen LogP contribution >= 0.6 is 0 Å². The van der Waals surface area contributed by atoms with E-state index in [2.05, 4.69) is 13.8 Å². The van der Waals surface area contributed by atoms with Gasteiger partial charge < -0.3 is 28.4 Å². The fraction of sp³-hybridized carbons (Fsp3) is 0.509. The summed E-state index contributed by atoms with van der Waals surface area (Å²) in [4.78, 5) is 50.6. The van der Waals surface area contributed by atoms with E-state index >= 15 is 0 Å². The highest BCUT2D eigenvalue weighted by molar-refractivity contribution is 5.93. The Kier molecular flexibility index (Phi) is 27.2. The Hall–Kier alpha value is -5.64. The lowest BCUT2D eigenvalue weighted by molar-refractivity contribution is 0.0477. The Bertz CT molecular complexity index is 1810. The number of rotatable bonds is 36. The van der Waals surface area contributed by atoms with Gasteiger partial charge in [-0.25, -0.2) is 19.2 Å². The monoisotopic (exact) mass is 921 g/mol. The SMILES string of the molecule is CCCCCCCCCCCCOc1ccc(C(=O)Oc2ccc(C(=O)OCCCCCOC(=O)c3ccc(OC(=O)c4ccc(OCCCCCCCCCCCC)cc4)cc3)cc2)cc1. The summed E-state index contributed by atoms with van der Waals surface area (Å²) >= 11 is 0. The topological polar surface area (TPSA) is 124 Å². The van der Waals surface area contributed by atoms with Crippen LogP contribution in [0.25, 0.3) is 0 Å². The largest absolute Gasteiger partial charge is 0.494 e. The zero-order chi connectivity index (χ0) is 47.6. The van der Waals surface area contributed by atoms with E-state index in [0.29, 0.717) is 66.2 Å². The normalized spacial score (nSPS) is 10.9. The van der Waals surface area contributed by atoms with Crippen LogP contribution in [0.15, 0.2) is 97.1 Å². The third kappa shape index (κ3) is 23.1. The van der Waals surface area contributed by atoms with E-state index in [9.17, 15) is 19.2 Å². The third-order valence-corrected chi connectivity index (χ3v) is 11.6. The molecule has 0 amide bonds. The van der Waals surface area contributed by atoms with Crippen LogP contribution in [0.5, 0.6) is 23.0 Å². The first-order valence-corrected chi connectivity index (χ1v) is 25.3. The minimum Gasteiger partial charge on any atom is -0.494 e. The van der Waals surface area contributed by atoms with Crippen molar-refractivity contribution in [1.82, 2.24) is 0 Å². The van der Waals surface area contributed by atoms with Crippen LogP contribution in [0.4, 0.5) is 0 Å². The van der Waals surface area contributed by atoms with Crippen LogP contribution < -0.4 is 18.9 Å². The van der Waals surface area contributed by atoms with Crippen molar-refractivity contribution in [3.05, 3.63) is 119 Å². The summed E-state index contributed by atoms with van der Waals surface area (Å²) in [7, 11) is 0. The molecule has 0 bridgehead atoms. The van der Waals surface area contributed by atoms with Crippen LogP contribution in [-0.4, -0.2) is 50.3 Å². The molecule has 4 rings (SSSR count). The molecule has 0 N–H and O–H groups in total. The van der Waals surface area contributed by atoms with Crippen LogP contribution in [0.2, 0.25) is 0 Å². The fourth-order valence-electron chi connectivity index (χ4n) is 7.46. The molecule has 0 atom stereocenters. The molecule has 0 radical (unpaired) electrons. The van der Waals surface area contributed by atoms with Crippen LogP contribution in [0.3, 0.4) is 0 Å². The predicted molar refractivity (Wildman–Crippen MR) is 265 cm³/mol. The minimum absolute atomic E-state index is 0.208. The Morgan fingerprint density at radius 3 is 0.836 bits per heavy atom. The summed E-state index contributed by atoms with van der Waals surface area (Å²) in [5.41, 5.74) is 1.48. The molecule has 4 aromatic carbocycles. The predicted octanol–water partition coefficient (Wildman–Crippen LogP) is 14.9.